The summed E-state index contributed by atoms with van der Waals surface area (Å²) in [5.74, 6) is 0.787. The Bertz CT molecular complexity index is 495. The van der Waals surface area contributed by atoms with Gasteiger partial charge >= 0.3 is 0 Å². The first-order valence-electron chi connectivity index (χ1n) is 6.68. The summed E-state index contributed by atoms with van der Waals surface area (Å²) in [6, 6.07) is 0.624. The van der Waals surface area contributed by atoms with Crippen LogP contribution < -0.4 is 10.0 Å². The van der Waals surface area contributed by atoms with Gasteiger partial charge < -0.3 is 9.88 Å². The molecule has 1 heterocycles. The second kappa shape index (κ2) is 6.44. The van der Waals surface area contributed by atoms with Gasteiger partial charge in [0.2, 0.25) is 10.0 Å². The van der Waals surface area contributed by atoms with Crippen molar-refractivity contribution in [2.24, 2.45) is 0 Å². The van der Waals surface area contributed by atoms with E-state index >= 15 is 0 Å². The Morgan fingerprint density at radius 3 is 2.95 bits per heavy atom. The first-order valence-corrected chi connectivity index (χ1v) is 8.33. The zero-order chi connectivity index (χ0) is 13.7. The fraction of sp³-hybridized carbons (Fsp3) is 0.818. The molecule has 0 aliphatic heterocycles. The molecule has 1 aromatic rings. The lowest BCUT2D eigenvalue weighted by atomic mass is 10.5. The Morgan fingerprint density at radius 2 is 2.26 bits per heavy atom. The molecule has 1 fully saturated rings. The highest BCUT2D eigenvalue weighted by Gasteiger charge is 2.20. The van der Waals surface area contributed by atoms with E-state index in [4.69, 9.17) is 0 Å². The Labute approximate surface area is 113 Å². The lowest BCUT2D eigenvalue weighted by Gasteiger charge is -2.07. The van der Waals surface area contributed by atoms with Crippen LogP contribution in [-0.4, -0.2) is 41.5 Å². The predicted octanol–water partition coefficient (Wildman–Crippen LogP) is -0.140. The monoisotopic (exact) mass is 287 g/mol. The molecule has 19 heavy (non-hydrogen) atoms. The quantitative estimate of drug-likeness (QED) is 0.617. The van der Waals surface area contributed by atoms with Crippen LogP contribution in [0.4, 0.5) is 0 Å². The highest BCUT2D eigenvalue weighted by Crippen LogP contribution is 2.18. The maximum Gasteiger partial charge on any atom is 0.212 e. The predicted molar refractivity (Wildman–Crippen MR) is 72.0 cm³/mol. The number of hydrogen-bond donors (Lipinski definition) is 2. The molecule has 0 amide bonds. The van der Waals surface area contributed by atoms with Crippen LogP contribution in [0.25, 0.3) is 0 Å². The summed E-state index contributed by atoms with van der Waals surface area (Å²) in [6.45, 7) is 3.66. The summed E-state index contributed by atoms with van der Waals surface area (Å²) in [5, 5.41) is 11.0. The molecular weight excluding hydrogens is 266 g/mol. The van der Waals surface area contributed by atoms with Crippen molar-refractivity contribution in [2.75, 3.05) is 12.3 Å². The lowest BCUT2D eigenvalue weighted by molar-refractivity contribution is 0.568. The molecule has 8 heteroatoms. The van der Waals surface area contributed by atoms with Crippen LogP contribution in [0.15, 0.2) is 6.33 Å². The summed E-state index contributed by atoms with van der Waals surface area (Å²) in [4.78, 5) is 0. The SMILES string of the molecule is CCn1cnnc1CNS(=O)(=O)CCCNC1CC1. The molecule has 0 bridgehead atoms. The highest BCUT2D eigenvalue weighted by molar-refractivity contribution is 7.89. The van der Waals surface area contributed by atoms with E-state index in [9.17, 15) is 8.42 Å². The van der Waals surface area contributed by atoms with Gasteiger partial charge in [0.15, 0.2) is 0 Å². The fourth-order valence-electron chi connectivity index (χ4n) is 1.78. The summed E-state index contributed by atoms with van der Waals surface area (Å²) < 4.78 is 28.0. The van der Waals surface area contributed by atoms with Crippen LogP contribution >= 0.6 is 0 Å². The normalized spacial score (nSPS) is 15.8. The van der Waals surface area contributed by atoms with E-state index in [2.05, 4.69) is 20.2 Å². The van der Waals surface area contributed by atoms with Crippen molar-refractivity contribution < 1.29 is 8.42 Å². The van der Waals surface area contributed by atoms with E-state index in [-0.39, 0.29) is 12.3 Å². The largest absolute Gasteiger partial charge is 0.317 e. The molecule has 1 aliphatic rings. The van der Waals surface area contributed by atoms with Crippen molar-refractivity contribution in [3.05, 3.63) is 12.2 Å². The molecule has 1 saturated carbocycles. The molecule has 0 saturated heterocycles. The molecule has 1 aromatic heterocycles. The summed E-state index contributed by atoms with van der Waals surface area (Å²) in [7, 11) is -3.23. The third-order valence-corrected chi connectivity index (χ3v) is 4.50. The van der Waals surface area contributed by atoms with Gasteiger partial charge in [0.25, 0.3) is 0 Å². The zero-order valence-electron chi connectivity index (χ0n) is 11.2. The summed E-state index contributed by atoms with van der Waals surface area (Å²) in [5.41, 5.74) is 0. The smallest absolute Gasteiger partial charge is 0.212 e. The average molecular weight is 287 g/mol. The number of sulfonamides is 1. The van der Waals surface area contributed by atoms with Gasteiger partial charge in [-0.15, -0.1) is 10.2 Å². The lowest BCUT2D eigenvalue weighted by Crippen LogP contribution is -2.29. The molecule has 2 N–H and O–H groups in total. The van der Waals surface area contributed by atoms with E-state index in [1.165, 1.54) is 12.8 Å². The highest BCUT2D eigenvalue weighted by atomic mass is 32.2. The van der Waals surface area contributed by atoms with Crippen molar-refractivity contribution in [1.29, 1.82) is 0 Å². The second-order valence-corrected chi connectivity index (χ2v) is 6.68. The van der Waals surface area contributed by atoms with Gasteiger partial charge in [-0.05, 0) is 32.7 Å². The first-order chi connectivity index (χ1) is 9.11. The minimum absolute atomic E-state index is 0.146. The standard InChI is InChI=1S/C11H21N5O2S/c1-2-16-9-13-15-11(16)8-14-19(17,18)7-3-6-12-10-4-5-10/h9-10,12,14H,2-8H2,1H3. The van der Waals surface area contributed by atoms with Crippen LogP contribution in [0.3, 0.4) is 0 Å². The molecular formula is C11H21N5O2S. The van der Waals surface area contributed by atoms with E-state index in [0.29, 0.717) is 18.3 Å². The third-order valence-electron chi connectivity index (χ3n) is 3.09. The van der Waals surface area contributed by atoms with Gasteiger partial charge in [-0.3, -0.25) is 0 Å². The van der Waals surface area contributed by atoms with Crippen LogP contribution in [0.1, 0.15) is 32.0 Å². The van der Waals surface area contributed by atoms with E-state index in [0.717, 1.165) is 13.1 Å². The number of nitrogens with zero attached hydrogens (tertiary/aromatic N) is 3. The van der Waals surface area contributed by atoms with Crippen LogP contribution in [0.5, 0.6) is 0 Å². The summed E-state index contributed by atoms with van der Waals surface area (Å²) >= 11 is 0. The van der Waals surface area contributed by atoms with Crippen molar-refractivity contribution in [3.63, 3.8) is 0 Å². The Morgan fingerprint density at radius 1 is 1.47 bits per heavy atom. The van der Waals surface area contributed by atoms with Gasteiger partial charge in [0.05, 0.1) is 12.3 Å². The molecule has 0 atom stereocenters. The van der Waals surface area contributed by atoms with Crippen LogP contribution in [-0.2, 0) is 23.1 Å². The van der Waals surface area contributed by atoms with Crippen LogP contribution in [0.2, 0.25) is 0 Å². The van der Waals surface area contributed by atoms with Crippen molar-refractivity contribution in [2.45, 2.75) is 45.3 Å². The first kappa shape index (κ1) is 14.4. The fourth-order valence-corrected chi connectivity index (χ4v) is 2.80. The van der Waals surface area contributed by atoms with Gasteiger partial charge in [-0.25, -0.2) is 13.1 Å². The molecule has 108 valence electrons. The Kier molecular flexibility index (Phi) is 4.89. The Balaban J connectivity index is 1.70. The van der Waals surface area contributed by atoms with E-state index in [1.807, 2.05) is 11.5 Å². The average Bonchev–Trinajstić information content (AvgIpc) is 3.09. The van der Waals surface area contributed by atoms with Gasteiger partial charge in [0, 0.05) is 12.6 Å². The molecule has 0 spiro atoms. The number of nitrogens with one attached hydrogen (secondary N) is 2. The van der Waals surface area contributed by atoms with Gasteiger partial charge in [0.1, 0.15) is 12.2 Å². The second-order valence-electron chi connectivity index (χ2n) is 4.76. The molecule has 1 aliphatic carbocycles. The van der Waals surface area contributed by atoms with Crippen molar-refractivity contribution in [1.82, 2.24) is 24.8 Å². The summed E-state index contributed by atoms with van der Waals surface area (Å²) in [6.07, 6.45) is 4.67. The minimum Gasteiger partial charge on any atom is -0.317 e. The topological polar surface area (TPSA) is 88.9 Å². The van der Waals surface area contributed by atoms with Gasteiger partial charge in [-0.2, -0.15) is 0 Å². The minimum atomic E-state index is -3.23. The van der Waals surface area contributed by atoms with E-state index in [1.54, 1.807) is 6.33 Å². The third kappa shape index (κ3) is 4.88. The molecule has 2 rings (SSSR count). The molecule has 0 unspecified atom stereocenters. The van der Waals surface area contributed by atoms with Gasteiger partial charge in [-0.1, -0.05) is 0 Å². The molecule has 0 aromatic carbocycles. The number of aromatic nitrogens is 3. The number of rotatable bonds is 9. The van der Waals surface area contributed by atoms with E-state index < -0.39 is 10.0 Å². The molecule has 7 nitrogen and oxygen atoms in total. The molecule has 0 radical (unpaired) electrons. The number of aryl methyl sites for hydroxylation is 1. The zero-order valence-corrected chi connectivity index (χ0v) is 12.0. The van der Waals surface area contributed by atoms with Crippen LogP contribution in [0, 0.1) is 0 Å². The van der Waals surface area contributed by atoms with Crippen molar-refractivity contribution >= 4 is 10.0 Å². The maximum atomic E-state index is 11.8. The van der Waals surface area contributed by atoms with Crippen molar-refractivity contribution in [3.8, 4) is 0 Å². The Hall–Kier alpha value is -0.990. The maximum absolute atomic E-state index is 11.8. The number of hydrogen-bond acceptors (Lipinski definition) is 5.